The van der Waals surface area contributed by atoms with E-state index in [2.05, 4.69) is 0 Å². The van der Waals surface area contributed by atoms with Crippen LogP contribution < -0.4 is 0 Å². The SMILES string of the molecule is CC(Cl)CN(C)Cc1cccc(Cl)c1F. The maximum Gasteiger partial charge on any atom is 0.146 e. The van der Waals surface area contributed by atoms with Crippen LogP contribution in [-0.2, 0) is 6.54 Å². The van der Waals surface area contributed by atoms with Crippen LogP contribution in [0.1, 0.15) is 12.5 Å². The molecule has 0 bridgehead atoms. The third kappa shape index (κ3) is 3.98. The van der Waals surface area contributed by atoms with Gasteiger partial charge in [0.25, 0.3) is 0 Å². The molecule has 0 aromatic heterocycles. The highest BCUT2D eigenvalue weighted by atomic mass is 35.5. The van der Waals surface area contributed by atoms with Gasteiger partial charge in [-0.25, -0.2) is 4.39 Å². The molecule has 0 radical (unpaired) electrons. The molecule has 0 aliphatic carbocycles. The molecule has 1 atom stereocenters. The summed E-state index contributed by atoms with van der Waals surface area (Å²) < 4.78 is 13.5. The van der Waals surface area contributed by atoms with Gasteiger partial charge >= 0.3 is 0 Å². The van der Waals surface area contributed by atoms with Gasteiger partial charge in [-0.2, -0.15) is 0 Å². The summed E-state index contributed by atoms with van der Waals surface area (Å²) >= 11 is 11.5. The number of halogens is 3. The molecule has 15 heavy (non-hydrogen) atoms. The zero-order valence-electron chi connectivity index (χ0n) is 8.80. The first-order valence-electron chi connectivity index (χ1n) is 4.76. The largest absolute Gasteiger partial charge is 0.301 e. The lowest BCUT2D eigenvalue weighted by atomic mass is 10.2. The van der Waals surface area contributed by atoms with Crippen molar-refractivity contribution >= 4 is 23.2 Å². The summed E-state index contributed by atoms with van der Waals surface area (Å²) in [5, 5.41) is 0.220. The van der Waals surface area contributed by atoms with Crippen molar-refractivity contribution in [1.29, 1.82) is 0 Å². The molecule has 1 aromatic carbocycles. The van der Waals surface area contributed by atoms with E-state index in [4.69, 9.17) is 23.2 Å². The molecular formula is C11H14Cl2FN. The fraction of sp³-hybridized carbons (Fsp3) is 0.455. The van der Waals surface area contributed by atoms with Crippen molar-refractivity contribution in [2.75, 3.05) is 13.6 Å². The van der Waals surface area contributed by atoms with Gasteiger partial charge in [0, 0.05) is 24.0 Å². The summed E-state index contributed by atoms with van der Waals surface area (Å²) in [6, 6.07) is 5.03. The molecule has 84 valence electrons. The van der Waals surface area contributed by atoms with Gasteiger partial charge < -0.3 is 4.90 Å². The summed E-state index contributed by atoms with van der Waals surface area (Å²) in [7, 11) is 1.90. The van der Waals surface area contributed by atoms with Crippen molar-refractivity contribution in [3.05, 3.63) is 34.6 Å². The number of alkyl halides is 1. The lowest BCUT2D eigenvalue weighted by Crippen LogP contribution is -2.24. The number of hydrogen-bond acceptors (Lipinski definition) is 1. The van der Waals surface area contributed by atoms with Crippen molar-refractivity contribution in [1.82, 2.24) is 4.90 Å². The van der Waals surface area contributed by atoms with Crippen molar-refractivity contribution in [2.24, 2.45) is 0 Å². The average molecular weight is 250 g/mol. The third-order valence-corrected chi connectivity index (χ3v) is 2.47. The quantitative estimate of drug-likeness (QED) is 0.739. The molecule has 1 aromatic rings. The van der Waals surface area contributed by atoms with Crippen LogP contribution in [0.3, 0.4) is 0 Å². The Morgan fingerprint density at radius 3 is 2.73 bits per heavy atom. The van der Waals surface area contributed by atoms with E-state index in [1.165, 1.54) is 0 Å². The zero-order valence-corrected chi connectivity index (χ0v) is 10.3. The van der Waals surface area contributed by atoms with Gasteiger partial charge in [0.1, 0.15) is 5.82 Å². The van der Waals surface area contributed by atoms with E-state index in [9.17, 15) is 4.39 Å². The number of hydrogen-bond donors (Lipinski definition) is 0. The number of rotatable bonds is 4. The van der Waals surface area contributed by atoms with Crippen molar-refractivity contribution in [3.8, 4) is 0 Å². The Morgan fingerprint density at radius 2 is 2.13 bits per heavy atom. The van der Waals surface area contributed by atoms with E-state index in [-0.39, 0.29) is 16.2 Å². The molecule has 1 rings (SSSR count). The Kier molecular flexibility index (Phi) is 4.84. The minimum absolute atomic E-state index is 0.0530. The first-order valence-corrected chi connectivity index (χ1v) is 5.57. The molecule has 0 fully saturated rings. The summed E-state index contributed by atoms with van der Waals surface area (Å²) in [5.41, 5.74) is 0.599. The Bertz CT molecular complexity index is 328. The number of nitrogens with zero attached hydrogens (tertiary/aromatic N) is 1. The van der Waals surface area contributed by atoms with Crippen LogP contribution >= 0.6 is 23.2 Å². The summed E-state index contributed by atoms with van der Waals surface area (Å²) in [6.45, 7) is 3.14. The Morgan fingerprint density at radius 1 is 1.47 bits per heavy atom. The summed E-state index contributed by atoms with van der Waals surface area (Å²) in [6.07, 6.45) is 0. The second kappa shape index (κ2) is 5.69. The van der Waals surface area contributed by atoms with Crippen LogP contribution in [0.5, 0.6) is 0 Å². The van der Waals surface area contributed by atoms with Gasteiger partial charge in [0.15, 0.2) is 0 Å². The second-order valence-corrected chi connectivity index (χ2v) is 4.84. The average Bonchev–Trinajstić information content (AvgIpc) is 2.11. The molecule has 0 aliphatic heterocycles. The standard InChI is InChI=1S/C11H14Cl2FN/c1-8(12)6-15(2)7-9-4-3-5-10(13)11(9)14/h3-5,8H,6-7H2,1-2H3. The van der Waals surface area contributed by atoms with E-state index in [0.29, 0.717) is 18.7 Å². The lowest BCUT2D eigenvalue weighted by molar-refractivity contribution is 0.324. The van der Waals surface area contributed by atoms with Gasteiger partial charge in [-0.05, 0) is 20.0 Å². The Labute approximate surface area is 99.8 Å². The van der Waals surface area contributed by atoms with E-state index in [1.54, 1.807) is 18.2 Å². The lowest BCUT2D eigenvalue weighted by Gasteiger charge is -2.18. The molecule has 0 spiro atoms. The molecule has 0 heterocycles. The molecule has 0 aliphatic rings. The molecule has 0 N–H and O–H groups in total. The van der Waals surface area contributed by atoms with Crippen LogP contribution in [0.25, 0.3) is 0 Å². The van der Waals surface area contributed by atoms with E-state index in [1.807, 2.05) is 18.9 Å². The first kappa shape index (κ1) is 12.8. The molecule has 0 saturated carbocycles. The van der Waals surface area contributed by atoms with Gasteiger partial charge in [0.2, 0.25) is 0 Å². The smallest absolute Gasteiger partial charge is 0.146 e. The normalized spacial score (nSPS) is 13.2. The van der Waals surface area contributed by atoms with Crippen molar-refractivity contribution < 1.29 is 4.39 Å². The Hall–Kier alpha value is -0.310. The van der Waals surface area contributed by atoms with Gasteiger partial charge in [-0.3, -0.25) is 0 Å². The Balaban J connectivity index is 2.68. The van der Waals surface area contributed by atoms with E-state index in [0.717, 1.165) is 0 Å². The zero-order chi connectivity index (χ0) is 11.4. The van der Waals surface area contributed by atoms with Crippen molar-refractivity contribution in [2.45, 2.75) is 18.8 Å². The highest BCUT2D eigenvalue weighted by Crippen LogP contribution is 2.19. The van der Waals surface area contributed by atoms with Gasteiger partial charge in [0.05, 0.1) is 5.02 Å². The highest BCUT2D eigenvalue weighted by molar-refractivity contribution is 6.30. The van der Waals surface area contributed by atoms with Gasteiger partial charge in [-0.15, -0.1) is 11.6 Å². The van der Waals surface area contributed by atoms with Crippen LogP contribution in [-0.4, -0.2) is 23.9 Å². The molecule has 0 amide bonds. The third-order valence-electron chi connectivity index (χ3n) is 2.04. The predicted molar refractivity (Wildman–Crippen MR) is 63.1 cm³/mol. The fourth-order valence-electron chi connectivity index (χ4n) is 1.46. The van der Waals surface area contributed by atoms with Gasteiger partial charge in [-0.1, -0.05) is 23.7 Å². The fourth-order valence-corrected chi connectivity index (χ4v) is 1.89. The summed E-state index contributed by atoms with van der Waals surface area (Å²) in [4.78, 5) is 1.96. The monoisotopic (exact) mass is 249 g/mol. The minimum Gasteiger partial charge on any atom is -0.301 e. The molecule has 1 unspecified atom stereocenters. The maximum atomic E-state index is 13.5. The first-order chi connectivity index (χ1) is 7.00. The van der Waals surface area contributed by atoms with E-state index >= 15 is 0 Å². The highest BCUT2D eigenvalue weighted by Gasteiger charge is 2.09. The summed E-state index contributed by atoms with van der Waals surface area (Å²) in [5.74, 6) is -0.340. The topological polar surface area (TPSA) is 3.24 Å². The second-order valence-electron chi connectivity index (χ2n) is 3.69. The molecular weight excluding hydrogens is 236 g/mol. The van der Waals surface area contributed by atoms with Crippen LogP contribution in [0.2, 0.25) is 5.02 Å². The van der Waals surface area contributed by atoms with Crippen molar-refractivity contribution in [3.63, 3.8) is 0 Å². The van der Waals surface area contributed by atoms with E-state index < -0.39 is 0 Å². The van der Waals surface area contributed by atoms with Crippen LogP contribution in [0.15, 0.2) is 18.2 Å². The molecule has 4 heteroatoms. The number of benzene rings is 1. The minimum atomic E-state index is -0.340. The van der Waals surface area contributed by atoms with Crippen LogP contribution in [0.4, 0.5) is 4.39 Å². The molecule has 0 saturated heterocycles. The maximum absolute atomic E-state index is 13.5. The van der Waals surface area contributed by atoms with Crippen LogP contribution in [0, 0.1) is 5.82 Å². The predicted octanol–water partition coefficient (Wildman–Crippen LogP) is 3.54. The molecule has 1 nitrogen and oxygen atoms in total.